The first-order valence-corrected chi connectivity index (χ1v) is 7.65. The highest BCUT2D eigenvalue weighted by Crippen LogP contribution is 2.32. The molecule has 20 heavy (non-hydrogen) atoms. The minimum Gasteiger partial charge on any atom is -0.320 e. The molecule has 0 aliphatic carbocycles. The molecule has 2 rings (SSSR count). The summed E-state index contributed by atoms with van der Waals surface area (Å²) in [5.74, 6) is 0. The van der Waals surface area contributed by atoms with Crippen LogP contribution in [0.15, 0.2) is 47.5 Å². The highest BCUT2D eigenvalue weighted by atomic mass is 32.2. The first-order chi connectivity index (χ1) is 9.37. The monoisotopic (exact) mass is 286 g/mol. The number of thioether (sulfide) groups is 1. The molecule has 0 amide bonds. The molecule has 0 fully saturated rings. The van der Waals surface area contributed by atoms with Crippen molar-refractivity contribution in [2.45, 2.75) is 43.5 Å². The molecule has 0 spiro atoms. The Kier molecular flexibility index (Phi) is 4.51. The average molecular weight is 286 g/mol. The van der Waals surface area contributed by atoms with Crippen molar-refractivity contribution in [1.29, 1.82) is 0 Å². The van der Waals surface area contributed by atoms with Crippen LogP contribution in [0.4, 0.5) is 0 Å². The molecule has 0 radical (unpaired) electrons. The molecule has 0 saturated heterocycles. The highest BCUT2D eigenvalue weighted by Gasteiger charge is 2.16. The minimum absolute atomic E-state index is 0.114. The summed E-state index contributed by atoms with van der Waals surface area (Å²) in [7, 11) is 0. The molecular weight excluding hydrogens is 264 g/mol. The van der Waals surface area contributed by atoms with Crippen molar-refractivity contribution in [3.05, 3.63) is 59.3 Å². The van der Waals surface area contributed by atoms with Crippen LogP contribution in [-0.2, 0) is 0 Å². The topological polar surface area (TPSA) is 38.9 Å². The maximum absolute atomic E-state index is 6.35. The summed E-state index contributed by atoms with van der Waals surface area (Å²) >= 11 is 1.78. The Morgan fingerprint density at radius 1 is 1.05 bits per heavy atom. The Morgan fingerprint density at radius 3 is 2.25 bits per heavy atom. The molecule has 0 aliphatic heterocycles. The zero-order valence-corrected chi connectivity index (χ0v) is 13.4. The van der Waals surface area contributed by atoms with Crippen molar-refractivity contribution in [1.82, 2.24) is 4.98 Å². The van der Waals surface area contributed by atoms with Gasteiger partial charge in [-0.2, -0.15) is 0 Å². The van der Waals surface area contributed by atoms with Crippen LogP contribution in [0.2, 0.25) is 0 Å². The molecule has 0 saturated carbocycles. The molecule has 2 N–H and O–H groups in total. The van der Waals surface area contributed by atoms with Gasteiger partial charge in [-0.25, -0.2) is 4.98 Å². The summed E-state index contributed by atoms with van der Waals surface area (Å²) in [6.07, 6.45) is 0. The van der Waals surface area contributed by atoms with E-state index in [0.29, 0.717) is 0 Å². The van der Waals surface area contributed by atoms with Gasteiger partial charge in [0.05, 0.1) is 11.1 Å². The molecule has 1 unspecified atom stereocenters. The van der Waals surface area contributed by atoms with Crippen LogP contribution in [0.5, 0.6) is 0 Å². The van der Waals surface area contributed by atoms with Crippen LogP contribution < -0.4 is 5.73 Å². The van der Waals surface area contributed by atoms with Crippen molar-refractivity contribution in [3.63, 3.8) is 0 Å². The number of aryl methyl sites for hydroxylation is 1. The molecule has 2 nitrogen and oxygen atoms in total. The average Bonchev–Trinajstić information content (AvgIpc) is 2.37. The highest BCUT2D eigenvalue weighted by molar-refractivity contribution is 8.00. The number of hydrogen-bond acceptors (Lipinski definition) is 3. The number of hydrogen-bond donors (Lipinski definition) is 1. The Labute approximate surface area is 125 Å². The van der Waals surface area contributed by atoms with Crippen LogP contribution in [0.3, 0.4) is 0 Å². The third kappa shape index (κ3) is 3.84. The van der Waals surface area contributed by atoms with E-state index in [2.05, 4.69) is 50.0 Å². The molecule has 1 aromatic carbocycles. The zero-order valence-electron chi connectivity index (χ0n) is 12.6. The predicted molar refractivity (Wildman–Crippen MR) is 87.1 cm³/mol. The Hall–Kier alpha value is -1.32. The number of nitrogens with two attached hydrogens (primary N) is 1. The Balaban J connectivity index is 2.26. The first-order valence-electron chi connectivity index (χ1n) is 6.84. The van der Waals surface area contributed by atoms with E-state index >= 15 is 0 Å². The summed E-state index contributed by atoms with van der Waals surface area (Å²) < 4.78 is 0.169. The maximum atomic E-state index is 6.35. The second-order valence-corrected chi connectivity index (χ2v) is 7.77. The van der Waals surface area contributed by atoms with Crippen molar-refractivity contribution < 1.29 is 0 Å². The SMILES string of the molecule is Cc1nc(SC(C)(C)C)ccc1C(N)c1ccccc1. The molecule has 1 heterocycles. The van der Waals surface area contributed by atoms with Gasteiger partial charge in [0.1, 0.15) is 0 Å². The van der Waals surface area contributed by atoms with Gasteiger partial charge in [0.15, 0.2) is 0 Å². The fraction of sp³-hybridized carbons (Fsp3) is 0.353. The van der Waals surface area contributed by atoms with E-state index in [9.17, 15) is 0 Å². The van der Waals surface area contributed by atoms with E-state index in [-0.39, 0.29) is 10.8 Å². The van der Waals surface area contributed by atoms with Gasteiger partial charge in [-0.1, -0.05) is 57.2 Å². The van der Waals surface area contributed by atoms with E-state index in [0.717, 1.165) is 21.8 Å². The molecule has 1 atom stereocenters. The van der Waals surface area contributed by atoms with Gasteiger partial charge in [-0.15, -0.1) is 11.8 Å². The maximum Gasteiger partial charge on any atom is 0.0968 e. The van der Waals surface area contributed by atoms with Gasteiger partial charge < -0.3 is 5.73 Å². The van der Waals surface area contributed by atoms with Crippen molar-refractivity contribution >= 4 is 11.8 Å². The summed E-state index contributed by atoms with van der Waals surface area (Å²) in [5, 5.41) is 1.05. The van der Waals surface area contributed by atoms with Gasteiger partial charge in [0, 0.05) is 10.4 Å². The number of nitrogens with zero attached hydrogens (tertiary/aromatic N) is 1. The summed E-state index contributed by atoms with van der Waals surface area (Å²) in [5.41, 5.74) is 9.57. The molecule has 2 aromatic rings. The quantitative estimate of drug-likeness (QED) is 0.854. The number of aromatic nitrogens is 1. The Bertz CT molecular complexity index is 573. The van der Waals surface area contributed by atoms with E-state index in [1.54, 1.807) is 11.8 Å². The van der Waals surface area contributed by atoms with Gasteiger partial charge in [-0.3, -0.25) is 0 Å². The van der Waals surface area contributed by atoms with Crippen LogP contribution in [0, 0.1) is 6.92 Å². The minimum atomic E-state index is -0.114. The smallest absolute Gasteiger partial charge is 0.0968 e. The lowest BCUT2D eigenvalue weighted by atomic mass is 9.99. The van der Waals surface area contributed by atoms with E-state index < -0.39 is 0 Å². The van der Waals surface area contributed by atoms with Crippen LogP contribution in [0.25, 0.3) is 0 Å². The number of pyridine rings is 1. The number of benzene rings is 1. The van der Waals surface area contributed by atoms with E-state index in [1.165, 1.54) is 0 Å². The first kappa shape index (κ1) is 15.1. The fourth-order valence-corrected chi connectivity index (χ4v) is 3.03. The largest absolute Gasteiger partial charge is 0.320 e. The lowest BCUT2D eigenvalue weighted by Crippen LogP contribution is -2.14. The van der Waals surface area contributed by atoms with E-state index in [4.69, 9.17) is 5.73 Å². The molecule has 1 aromatic heterocycles. The third-order valence-electron chi connectivity index (χ3n) is 3.01. The second-order valence-electron chi connectivity index (χ2n) is 5.93. The lowest BCUT2D eigenvalue weighted by molar-refractivity contribution is 0.794. The third-order valence-corrected chi connectivity index (χ3v) is 4.05. The normalized spacial score (nSPS) is 13.2. The zero-order chi connectivity index (χ0) is 14.8. The van der Waals surface area contributed by atoms with E-state index in [1.807, 2.05) is 25.1 Å². The summed E-state index contributed by atoms with van der Waals surface area (Å²) in [6, 6.07) is 14.2. The molecule has 106 valence electrons. The van der Waals surface area contributed by atoms with Crippen LogP contribution in [0.1, 0.15) is 43.6 Å². The van der Waals surface area contributed by atoms with Gasteiger partial charge in [0.25, 0.3) is 0 Å². The van der Waals surface area contributed by atoms with Gasteiger partial charge >= 0.3 is 0 Å². The lowest BCUT2D eigenvalue weighted by Gasteiger charge is -2.19. The number of rotatable bonds is 3. The summed E-state index contributed by atoms with van der Waals surface area (Å²) in [4.78, 5) is 4.69. The van der Waals surface area contributed by atoms with Crippen LogP contribution in [-0.4, -0.2) is 9.73 Å². The molecule has 3 heteroatoms. The van der Waals surface area contributed by atoms with Crippen LogP contribution >= 0.6 is 11.8 Å². The predicted octanol–water partition coefficient (Wildman–Crippen LogP) is 4.33. The molecular formula is C17H22N2S. The van der Waals surface area contributed by atoms with Gasteiger partial charge in [0.2, 0.25) is 0 Å². The molecule has 0 bridgehead atoms. The summed E-state index contributed by atoms with van der Waals surface area (Å²) in [6.45, 7) is 8.61. The fourth-order valence-electron chi connectivity index (χ4n) is 2.09. The Morgan fingerprint density at radius 2 is 1.70 bits per heavy atom. The standard InChI is InChI=1S/C17H22N2S/c1-12-14(16(18)13-8-6-5-7-9-13)10-11-15(19-12)20-17(2,3)4/h5-11,16H,18H2,1-4H3. The second kappa shape index (κ2) is 5.98. The van der Waals surface area contributed by atoms with Gasteiger partial charge in [-0.05, 0) is 24.1 Å². The van der Waals surface area contributed by atoms with Crippen molar-refractivity contribution in [2.24, 2.45) is 5.73 Å². The van der Waals surface area contributed by atoms with Crippen molar-refractivity contribution in [2.75, 3.05) is 0 Å². The van der Waals surface area contributed by atoms with Crippen molar-refractivity contribution in [3.8, 4) is 0 Å². The molecule has 0 aliphatic rings.